The highest BCUT2D eigenvalue weighted by Gasteiger charge is 2.25. The smallest absolute Gasteiger partial charge is 0.308 e. The predicted molar refractivity (Wildman–Crippen MR) is 29.6 cm³/mol. The summed E-state index contributed by atoms with van der Waals surface area (Å²) in [6.45, 7) is -0.941. The second-order valence-electron chi connectivity index (χ2n) is 1.75. The number of alkyl halides is 3. The first-order valence-electron chi connectivity index (χ1n) is 2.77. The molecule has 0 spiro atoms. The number of hydrogen-bond donors (Lipinski definition) is 1. The van der Waals surface area contributed by atoms with Crippen molar-refractivity contribution in [2.45, 2.75) is 12.6 Å². The van der Waals surface area contributed by atoms with Gasteiger partial charge in [-0.3, -0.25) is 0 Å². The number of aldehydes is 1. The first kappa shape index (κ1) is 9.42. The first-order chi connectivity index (χ1) is 4.56. The molecule has 1 N–H and O–H groups in total. The fourth-order valence-electron chi connectivity index (χ4n) is 0.391. The summed E-state index contributed by atoms with van der Waals surface area (Å²) in [6.07, 6.45) is -3.48. The van der Waals surface area contributed by atoms with Gasteiger partial charge < -0.3 is 10.1 Å². The average molecular weight is 155 g/mol. The highest BCUT2D eigenvalue weighted by atomic mass is 19.4. The minimum atomic E-state index is -4.18. The fraction of sp³-hybridized carbons (Fsp3) is 0.800. The van der Waals surface area contributed by atoms with E-state index >= 15 is 0 Å². The van der Waals surface area contributed by atoms with Crippen molar-refractivity contribution in [2.24, 2.45) is 0 Å². The Labute approximate surface area is 56.4 Å². The Balaban J connectivity index is 3.12. The van der Waals surface area contributed by atoms with Crippen LogP contribution in [0.2, 0.25) is 0 Å². The summed E-state index contributed by atoms with van der Waals surface area (Å²) in [7, 11) is 0. The van der Waals surface area contributed by atoms with Gasteiger partial charge in [0, 0.05) is 13.0 Å². The van der Waals surface area contributed by atoms with Gasteiger partial charge in [0.1, 0.15) is 6.29 Å². The highest BCUT2D eigenvalue weighted by molar-refractivity contribution is 5.49. The molecule has 0 rings (SSSR count). The third kappa shape index (κ3) is 7.42. The monoisotopic (exact) mass is 155 g/mol. The van der Waals surface area contributed by atoms with E-state index < -0.39 is 12.7 Å². The van der Waals surface area contributed by atoms with Crippen LogP contribution in [0.3, 0.4) is 0 Å². The van der Waals surface area contributed by atoms with Gasteiger partial charge in [0.05, 0.1) is 6.54 Å². The van der Waals surface area contributed by atoms with E-state index in [1.807, 2.05) is 0 Å². The molecule has 10 heavy (non-hydrogen) atoms. The number of halogens is 3. The van der Waals surface area contributed by atoms with Gasteiger partial charge in [0.2, 0.25) is 0 Å². The third-order valence-electron chi connectivity index (χ3n) is 0.764. The molecule has 60 valence electrons. The van der Waals surface area contributed by atoms with Crippen LogP contribution in [0.25, 0.3) is 0 Å². The van der Waals surface area contributed by atoms with Crippen LogP contribution in [0.15, 0.2) is 0 Å². The second-order valence-corrected chi connectivity index (χ2v) is 1.75. The molecule has 0 heterocycles. The number of carbonyl (C=O) groups is 1. The Morgan fingerprint density at radius 2 is 2.00 bits per heavy atom. The van der Waals surface area contributed by atoms with Crippen LogP contribution in [0.1, 0.15) is 6.42 Å². The molecule has 0 aromatic rings. The van der Waals surface area contributed by atoms with Gasteiger partial charge in [0.15, 0.2) is 0 Å². The second kappa shape index (κ2) is 4.27. The number of nitrogens with one attached hydrogen (secondary N) is 1. The quantitative estimate of drug-likeness (QED) is 0.479. The zero-order valence-electron chi connectivity index (χ0n) is 5.24. The summed E-state index contributed by atoms with van der Waals surface area (Å²) in [5, 5.41) is 2.07. The lowest BCUT2D eigenvalue weighted by atomic mass is 10.4. The third-order valence-corrected chi connectivity index (χ3v) is 0.764. The van der Waals surface area contributed by atoms with Crippen LogP contribution in [0, 0.1) is 0 Å². The van der Waals surface area contributed by atoms with Gasteiger partial charge in [-0.05, 0) is 0 Å². The molecule has 0 atom stereocenters. The Morgan fingerprint density at radius 1 is 1.40 bits per heavy atom. The Kier molecular flexibility index (Phi) is 4.02. The van der Waals surface area contributed by atoms with Crippen LogP contribution in [0.4, 0.5) is 13.2 Å². The van der Waals surface area contributed by atoms with Gasteiger partial charge in [-0.25, -0.2) is 0 Å². The van der Waals surface area contributed by atoms with Crippen molar-refractivity contribution in [3.05, 3.63) is 0 Å². The predicted octanol–water partition coefficient (Wildman–Crippen LogP) is 0.727. The zero-order valence-corrected chi connectivity index (χ0v) is 5.24. The summed E-state index contributed by atoms with van der Waals surface area (Å²) in [4.78, 5) is 9.61. The van der Waals surface area contributed by atoms with Crippen molar-refractivity contribution in [3.8, 4) is 0 Å². The van der Waals surface area contributed by atoms with Crippen LogP contribution >= 0.6 is 0 Å². The Bertz CT molecular complexity index is 102. The van der Waals surface area contributed by atoms with E-state index in [4.69, 9.17) is 0 Å². The van der Waals surface area contributed by atoms with Crippen molar-refractivity contribution in [3.63, 3.8) is 0 Å². The maximum Gasteiger partial charge on any atom is 0.401 e. The van der Waals surface area contributed by atoms with E-state index in [0.717, 1.165) is 0 Å². The van der Waals surface area contributed by atoms with Crippen LogP contribution in [0.5, 0.6) is 0 Å². The van der Waals surface area contributed by atoms with Crippen molar-refractivity contribution in [1.29, 1.82) is 0 Å². The molecule has 0 bridgehead atoms. The lowest BCUT2D eigenvalue weighted by Crippen LogP contribution is -2.29. The molecule has 5 heteroatoms. The van der Waals surface area contributed by atoms with Crippen LogP contribution < -0.4 is 5.32 Å². The lowest BCUT2D eigenvalue weighted by molar-refractivity contribution is -0.125. The lowest BCUT2D eigenvalue weighted by Gasteiger charge is -2.05. The standard InChI is InChI=1S/C5H8F3NO/c6-5(7,8)4-9-2-1-3-10/h3,9H,1-2,4H2. The molecule has 0 saturated carbocycles. The minimum Gasteiger partial charge on any atom is -0.308 e. The summed E-state index contributed by atoms with van der Waals surface area (Å²) < 4.78 is 34.0. The molecule has 2 nitrogen and oxygen atoms in total. The molecule has 0 saturated heterocycles. The molecule has 0 aromatic carbocycles. The SMILES string of the molecule is O=CCCNCC(F)(F)F. The normalized spacial score (nSPS) is 11.5. The van der Waals surface area contributed by atoms with Crippen molar-refractivity contribution < 1.29 is 18.0 Å². The number of carbonyl (C=O) groups excluding carboxylic acids is 1. The van der Waals surface area contributed by atoms with E-state index in [-0.39, 0.29) is 13.0 Å². The summed E-state index contributed by atoms with van der Waals surface area (Å²) >= 11 is 0. The fourth-order valence-corrected chi connectivity index (χ4v) is 0.391. The number of hydrogen-bond acceptors (Lipinski definition) is 2. The van der Waals surface area contributed by atoms with E-state index in [1.54, 1.807) is 0 Å². The molecule has 0 aliphatic rings. The summed E-state index contributed by atoms with van der Waals surface area (Å²) in [5.41, 5.74) is 0. The first-order valence-corrected chi connectivity index (χ1v) is 2.77. The molecule has 0 amide bonds. The maximum atomic E-state index is 11.3. The largest absolute Gasteiger partial charge is 0.401 e. The van der Waals surface area contributed by atoms with E-state index in [0.29, 0.717) is 6.29 Å². The highest BCUT2D eigenvalue weighted by Crippen LogP contribution is 2.11. The average Bonchev–Trinajstić information content (AvgIpc) is 1.78. The Hall–Kier alpha value is -0.580. The molecule has 0 aliphatic heterocycles. The molecule has 0 fully saturated rings. The van der Waals surface area contributed by atoms with Gasteiger partial charge in [0.25, 0.3) is 0 Å². The van der Waals surface area contributed by atoms with E-state index in [2.05, 4.69) is 5.32 Å². The van der Waals surface area contributed by atoms with Gasteiger partial charge in [-0.2, -0.15) is 13.2 Å². The number of rotatable bonds is 4. The van der Waals surface area contributed by atoms with E-state index in [9.17, 15) is 18.0 Å². The van der Waals surface area contributed by atoms with Crippen molar-refractivity contribution >= 4 is 6.29 Å². The molecule has 0 aliphatic carbocycles. The van der Waals surface area contributed by atoms with Crippen LogP contribution in [-0.4, -0.2) is 25.6 Å². The van der Waals surface area contributed by atoms with Crippen molar-refractivity contribution in [1.82, 2.24) is 5.32 Å². The zero-order chi connectivity index (χ0) is 8.04. The molecule has 0 unspecified atom stereocenters. The van der Waals surface area contributed by atoms with Crippen LogP contribution in [-0.2, 0) is 4.79 Å². The minimum absolute atomic E-state index is 0.0863. The summed E-state index contributed by atoms with van der Waals surface area (Å²) in [6, 6.07) is 0. The maximum absolute atomic E-state index is 11.3. The molecule has 0 aromatic heterocycles. The van der Waals surface area contributed by atoms with E-state index in [1.165, 1.54) is 0 Å². The van der Waals surface area contributed by atoms with Gasteiger partial charge >= 0.3 is 6.18 Å². The van der Waals surface area contributed by atoms with Crippen molar-refractivity contribution in [2.75, 3.05) is 13.1 Å². The van der Waals surface area contributed by atoms with Gasteiger partial charge in [-0.15, -0.1) is 0 Å². The Morgan fingerprint density at radius 3 is 2.40 bits per heavy atom. The topological polar surface area (TPSA) is 29.1 Å². The summed E-state index contributed by atoms with van der Waals surface area (Å²) in [5.74, 6) is 0. The van der Waals surface area contributed by atoms with Gasteiger partial charge in [-0.1, -0.05) is 0 Å². The molecular formula is C5H8F3NO. The molecular weight excluding hydrogens is 147 g/mol. The molecule has 0 radical (unpaired) electrons.